The van der Waals surface area contributed by atoms with Gasteiger partial charge in [-0.1, -0.05) is 30.3 Å². The predicted molar refractivity (Wildman–Crippen MR) is 120 cm³/mol. The second kappa shape index (κ2) is 9.58. The number of sulfonamides is 1. The minimum absolute atomic E-state index is 0.00467. The molecule has 1 aromatic carbocycles. The van der Waals surface area contributed by atoms with Crippen LogP contribution in [0.25, 0.3) is 0 Å². The van der Waals surface area contributed by atoms with E-state index in [9.17, 15) is 13.2 Å². The summed E-state index contributed by atoms with van der Waals surface area (Å²) in [4.78, 5) is 28.9. The fourth-order valence-electron chi connectivity index (χ4n) is 2.57. The molecule has 0 spiro atoms. The Morgan fingerprint density at radius 3 is 2.35 bits per heavy atom. The summed E-state index contributed by atoms with van der Waals surface area (Å²) in [5, 5.41) is 3.21. The van der Waals surface area contributed by atoms with Gasteiger partial charge in [0, 0.05) is 17.1 Å². The molecule has 12 heteroatoms. The Balaban J connectivity index is 1.75. The standard InChI is InChI=1S/C19H19ClN6O3S2/c1-4-30-19-21-10-15(20)16(25-19)17(27)24-13-5-7-14(8-6-13)31(28,29)26-18-22-11(2)9-12(3)23-18/h5-10H,4H2,1-3H3,(H,24,27)(H,22,23,26). The number of thioether (sulfide) groups is 1. The monoisotopic (exact) mass is 478 g/mol. The smallest absolute Gasteiger partial charge is 0.275 e. The SMILES string of the molecule is CCSc1ncc(Cl)c(C(=O)Nc2ccc(S(=O)(=O)Nc3nc(C)cc(C)n3)cc2)n1. The zero-order valence-electron chi connectivity index (χ0n) is 16.9. The number of halogens is 1. The Labute approximate surface area is 189 Å². The van der Waals surface area contributed by atoms with E-state index in [-0.39, 0.29) is 21.6 Å². The van der Waals surface area contributed by atoms with Crippen LogP contribution in [0, 0.1) is 13.8 Å². The summed E-state index contributed by atoms with van der Waals surface area (Å²) in [5.74, 6) is 0.219. The van der Waals surface area contributed by atoms with Gasteiger partial charge in [0.15, 0.2) is 10.9 Å². The van der Waals surface area contributed by atoms with Crippen molar-refractivity contribution in [3.05, 3.63) is 58.6 Å². The zero-order valence-corrected chi connectivity index (χ0v) is 19.3. The van der Waals surface area contributed by atoms with Crippen LogP contribution in [0.3, 0.4) is 0 Å². The number of carbonyl (C=O) groups excluding carboxylic acids is 1. The lowest BCUT2D eigenvalue weighted by Gasteiger charge is -2.10. The van der Waals surface area contributed by atoms with E-state index in [1.807, 2.05) is 6.92 Å². The predicted octanol–water partition coefficient (Wildman–Crippen LogP) is 3.70. The van der Waals surface area contributed by atoms with Crippen molar-refractivity contribution in [1.82, 2.24) is 19.9 Å². The number of amides is 1. The van der Waals surface area contributed by atoms with Crippen molar-refractivity contribution in [3.8, 4) is 0 Å². The highest BCUT2D eigenvalue weighted by Crippen LogP contribution is 2.21. The van der Waals surface area contributed by atoms with Gasteiger partial charge in [-0.05, 0) is 49.9 Å². The third-order valence-corrected chi connectivity index (χ3v) is 6.21. The number of nitrogens with zero attached hydrogens (tertiary/aromatic N) is 4. The van der Waals surface area contributed by atoms with Crippen LogP contribution < -0.4 is 10.0 Å². The zero-order chi connectivity index (χ0) is 22.6. The average molecular weight is 479 g/mol. The molecule has 0 atom stereocenters. The summed E-state index contributed by atoms with van der Waals surface area (Å²) >= 11 is 7.43. The van der Waals surface area contributed by atoms with E-state index < -0.39 is 15.9 Å². The van der Waals surface area contributed by atoms with Crippen molar-refractivity contribution in [2.75, 3.05) is 15.8 Å². The van der Waals surface area contributed by atoms with Gasteiger partial charge in [-0.25, -0.2) is 33.1 Å². The second-order valence-corrected chi connectivity index (χ2v) is 9.66. The first kappa shape index (κ1) is 22.9. The number of benzene rings is 1. The van der Waals surface area contributed by atoms with E-state index in [0.717, 1.165) is 5.75 Å². The lowest BCUT2D eigenvalue weighted by molar-refractivity contribution is 0.102. The summed E-state index contributed by atoms with van der Waals surface area (Å²) in [7, 11) is -3.90. The van der Waals surface area contributed by atoms with Crippen LogP contribution >= 0.6 is 23.4 Å². The fourth-order valence-corrected chi connectivity index (χ4v) is 4.23. The average Bonchev–Trinajstić information content (AvgIpc) is 2.69. The molecular formula is C19H19ClN6O3S2. The summed E-state index contributed by atoms with van der Waals surface area (Å²) in [6.45, 7) is 5.44. The maximum Gasteiger partial charge on any atom is 0.275 e. The molecule has 2 N–H and O–H groups in total. The molecule has 0 saturated heterocycles. The first-order chi connectivity index (χ1) is 14.7. The third kappa shape index (κ3) is 5.90. The molecule has 2 aromatic heterocycles. The van der Waals surface area contributed by atoms with Crippen LogP contribution in [0.4, 0.5) is 11.6 Å². The van der Waals surface area contributed by atoms with Gasteiger partial charge in [-0.15, -0.1) is 0 Å². The second-order valence-electron chi connectivity index (χ2n) is 6.34. The molecule has 1 amide bonds. The molecule has 0 saturated carbocycles. The van der Waals surface area contributed by atoms with Gasteiger partial charge in [-0.3, -0.25) is 4.79 Å². The van der Waals surface area contributed by atoms with E-state index in [2.05, 4.69) is 30.0 Å². The van der Waals surface area contributed by atoms with Gasteiger partial charge < -0.3 is 5.32 Å². The van der Waals surface area contributed by atoms with Crippen molar-refractivity contribution in [2.24, 2.45) is 0 Å². The van der Waals surface area contributed by atoms with Gasteiger partial charge in [0.25, 0.3) is 15.9 Å². The highest BCUT2D eigenvalue weighted by molar-refractivity contribution is 7.99. The summed E-state index contributed by atoms with van der Waals surface area (Å²) in [5.41, 5.74) is 1.71. The molecule has 162 valence electrons. The Morgan fingerprint density at radius 1 is 1.10 bits per heavy atom. The van der Waals surface area contributed by atoms with Crippen LogP contribution in [0.2, 0.25) is 5.02 Å². The maximum atomic E-state index is 12.6. The van der Waals surface area contributed by atoms with Crippen molar-refractivity contribution in [2.45, 2.75) is 30.8 Å². The molecule has 2 heterocycles. The van der Waals surface area contributed by atoms with Crippen molar-refractivity contribution in [1.29, 1.82) is 0 Å². The topological polar surface area (TPSA) is 127 Å². The Kier molecular flexibility index (Phi) is 7.08. The van der Waals surface area contributed by atoms with Crippen LogP contribution in [-0.2, 0) is 10.0 Å². The molecular weight excluding hydrogens is 460 g/mol. The van der Waals surface area contributed by atoms with Crippen LogP contribution in [0.1, 0.15) is 28.8 Å². The van der Waals surface area contributed by atoms with E-state index in [4.69, 9.17) is 11.6 Å². The molecule has 31 heavy (non-hydrogen) atoms. The quantitative estimate of drug-likeness (QED) is 0.388. The first-order valence-electron chi connectivity index (χ1n) is 9.10. The lowest BCUT2D eigenvalue weighted by Crippen LogP contribution is -2.17. The van der Waals surface area contributed by atoms with E-state index >= 15 is 0 Å². The van der Waals surface area contributed by atoms with Gasteiger partial charge >= 0.3 is 0 Å². The van der Waals surface area contributed by atoms with Gasteiger partial charge in [0.05, 0.1) is 16.1 Å². The number of rotatable bonds is 7. The molecule has 3 rings (SSSR count). The summed E-state index contributed by atoms with van der Waals surface area (Å²) in [6.07, 6.45) is 1.37. The van der Waals surface area contributed by atoms with Gasteiger partial charge in [0.2, 0.25) is 5.95 Å². The van der Waals surface area contributed by atoms with Crippen molar-refractivity contribution >= 4 is 50.9 Å². The van der Waals surface area contributed by atoms with Crippen LogP contribution in [0.15, 0.2) is 46.6 Å². The number of hydrogen-bond donors (Lipinski definition) is 2. The highest BCUT2D eigenvalue weighted by atomic mass is 35.5. The first-order valence-corrected chi connectivity index (χ1v) is 11.9. The minimum Gasteiger partial charge on any atom is -0.321 e. The molecule has 0 fully saturated rings. The number of nitrogens with one attached hydrogen (secondary N) is 2. The highest BCUT2D eigenvalue weighted by Gasteiger charge is 2.18. The number of aromatic nitrogens is 4. The summed E-state index contributed by atoms with van der Waals surface area (Å²) < 4.78 is 27.6. The Bertz CT molecular complexity index is 1200. The number of hydrogen-bond acceptors (Lipinski definition) is 8. The normalized spacial score (nSPS) is 11.2. The van der Waals surface area contributed by atoms with Gasteiger partial charge in [0.1, 0.15) is 0 Å². The molecule has 0 aliphatic carbocycles. The van der Waals surface area contributed by atoms with E-state index in [1.54, 1.807) is 19.9 Å². The number of anilines is 2. The lowest BCUT2D eigenvalue weighted by atomic mass is 10.3. The molecule has 3 aromatic rings. The van der Waals surface area contributed by atoms with Crippen LogP contribution in [0.5, 0.6) is 0 Å². The molecule has 0 bridgehead atoms. The van der Waals surface area contributed by atoms with E-state index in [0.29, 0.717) is 22.2 Å². The third-order valence-electron chi connectivity index (χ3n) is 3.84. The largest absolute Gasteiger partial charge is 0.321 e. The van der Waals surface area contributed by atoms with Gasteiger partial charge in [-0.2, -0.15) is 0 Å². The molecule has 0 unspecified atom stereocenters. The Hall–Kier alpha value is -2.76. The Morgan fingerprint density at radius 2 is 1.74 bits per heavy atom. The van der Waals surface area contributed by atoms with Crippen molar-refractivity contribution < 1.29 is 13.2 Å². The van der Waals surface area contributed by atoms with Crippen LogP contribution in [-0.4, -0.2) is 40.0 Å². The van der Waals surface area contributed by atoms with Crippen molar-refractivity contribution in [3.63, 3.8) is 0 Å². The van der Waals surface area contributed by atoms with E-state index in [1.165, 1.54) is 42.2 Å². The number of aryl methyl sites for hydroxylation is 2. The molecule has 0 aliphatic heterocycles. The maximum absolute atomic E-state index is 12.6. The summed E-state index contributed by atoms with van der Waals surface area (Å²) in [6, 6.07) is 7.39. The molecule has 0 aliphatic rings. The minimum atomic E-state index is -3.90. The number of carbonyl (C=O) groups is 1. The fraction of sp³-hybridized carbons (Fsp3) is 0.211. The molecule has 9 nitrogen and oxygen atoms in total. The molecule has 0 radical (unpaired) electrons.